The fraction of sp³-hybridized carbons (Fsp3) is 0.333. The number of fused-ring (bicyclic) bond motifs is 1. The molecule has 166 valence electrons. The molecule has 4 rings (SSSR count). The number of carboxylic acid groups (broad SMARTS) is 1. The summed E-state index contributed by atoms with van der Waals surface area (Å²) in [6.45, 7) is 1.09. The van der Waals surface area contributed by atoms with Gasteiger partial charge in [-0.05, 0) is 49.7 Å². The van der Waals surface area contributed by atoms with Gasteiger partial charge >= 0.3 is 6.09 Å². The molecule has 0 bridgehead atoms. The highest BCUT2D eigenvalue weighted by molar-refractivity contribution is 6.07. The van der Waals surface area contributed by atoms with Crippen LogP contribution in [0.25, 0.3) is 22.2 Å². The summed E-state index contributed by atoms with van der Waals surface area (Å²) in [7, 11) is 0. The number of amides is 2. The summed E-state index contributed by atoms with van der Waals surface area (Å²) in [4.78, 5) is 28.5. The molecular formula is C24H27N4O4+. The first-order valence-corrected chi connectivity index (χ1v) is 10.9. The monoisotopic (exact) mass is 435 g/mol. The molecule has 8 nitrogen and oxygen atoms in total. The van der Waals surface area contributed by atoms with E-state index in [0.717, 1.165) is 46.9 Å². The molecule has 1 aliphatic rings. The normalized spacial score (nSPS) is 18.2. The van der Waals surface area contributed by atoms with Gasteiger partial charge in [0, 0.05) is 40.9 Å². The minimum absolute atomic E-state index is 0.132. The minimum atomic E-state index is -0.977. The second-order valence-corrected chi connectivity index (χ2v) is 8.32. The van der Waals surface area contributed by atoms with Gasteiger partial charge in [-0.3, -0.25) is 10.0 Å². The largest absolute Gasteiger partial charge is 0.465 e. The number of benzene rings is 1. The number of hydrogen-bond donors (Lipinski definition) is 4. The van der Waals surface area contributed by atoms with Gasteiger partial charge in [0.05, 0.1) is 16.8 Å². The fourth-order valence-corrected chi connectivity index (χ4v) is 4.30. The fourth-order valence-electron chi connectivity index (χ4n) is 4.30. The Morgan fingerprint density at radius 3 is 2.25 bits per heavy atom. The molecule has 1 aromatic carbocycles. The van der Waals surface area contributed by atoms with Crippen LogP contribution < -0.4 is 15.4 Å². The van der Waals surface area contributed by atoms with Crippen molar-refractivity contribution in [2.24, 2.45) is 11.8 Å². The molecule has 2 aromatic heterocycles. The van der Waals surface area contributed by atoms with Crippen molar-refractivity contribution in [3.05, 3.63) is 60.4 Å². The first-order valence-electron chi connectivity index (χ1n) is 10.9. The van der Waals surface area contributed by atoms with Gasteiger partial charge in [-0.1, -0.05) is 18.2 Å². The van der Waals surface area contributed by atoms with Crippen LogP contribution in [0.5, 0.6) is 0 Å². The van der Waals surface area contributed by atoms with Crippen molar-refractivity contribution in [3.63, 3.8) is 0 Å². The van der Waals surface area contributed by atoms with Gasteiger partial charge in [0.2, 0.25) is 12.4 Å². The first-order chi connectivity index (χ1) is 15.5. The van der Waals surface area contributed by atoms with Gasteiger partial charge in [0.1, 0.15) is 0 Å². The summed E-state index contributed by atoms with van der Waals surface area (Å²) in [5.41, 5.74) is 2.79. The van der Waals surface area contributed by atoms with Crippen LogP contribution in [0.15, 0.2) is 54.9 Å². The number of rotatable bonds is 6. The van der Waals surface area contributed by atoms with Crippen LogP contribution in [0, 0.1) is 11.8 Å². The van der Waals surface area contributed by atoms with E-state index in [1.807, 2.05) is 24.3 Å². The smallest absolute Gasteiger partial charge is 0.404 e. The maximum absolute atomic E-state index is 13.1. The van der Waals surface area contributed by atoms with E-state index < -0.39 is 6.09 Å². The van der Waals surface area contributed by atoms with E-state index in [1.165, 1.54) is 12.4 Å². The number of pyridine rings is 2. The first kappa shape index (κ1) is 21.5. The maximum Gasteiger partial charge on any atom is 0.404 e. The highest BCUT2D eigenvalue weighted by Crippen LogP contribution is 2.28. The molecule has 0 radical (unpaired) electrons. The molecule has 0 atom stereocenters. The second-order valence-electron chi connectivity index (χ2n) is 8.32. The predicted octanol–water partition coefficient (Wildman–Crippen LogP) is 3.23. The minimum Gasteiger partial charge on any atom is -0.465 e. The molecule has 0 saturated heterocycles. The average Bonchev–Trinajstić information content (AvgIpc) is 2.81. The Hall–Kier alpha value is -3.68. The number of nitrogens with one attached hydrogen (secondary N) is 2. The standard InChI is InChI=1S/C24H26N4O4/c29-23(25-14-16-5-7-17(8-6-16)15-26-24(30)31)20-13-22(18-9-11-28(32)12-10-18)27-21-4-2-1-3-19(20)21/h1-4,9-13,16-17,26H,5-8,14-15H2,(H2-,25,27,29,30,31,32)/p+1. The third kappa shape index (κ3) is 5.14. The molecule has 2 amide bonds. The third-order valence-electron chi connectivity index (χ3n) is 6.13. The Balaban J connectivity index is 1.45. The molecule has 3 aromatic rings. The van der Waals surface area contributed by atoms with E-state index in [9.17, 15) is 14.8 Å². The van der Waals surface area contributed by atoms with E-state index in [4.69, 9.17) is 5.11 Å². The van der Waals surface area contributed by atoms with Crippen molar-refractivity contribution in [2.45, 2.75) is 25.7 Å². The van der Waals surface area contributed by atoms with Gasteiger partial charge in [-0.15, -0.1) is 0 Å². The van der Waals surface area contributed by atoms with Crippen LogP contribution in [0.3, 0.4) is 0 Å². The third-order valence-corrected chi connectivity index (χ3v) is 6.13. The van der Waals surface area contributed by atoms with E-state index >= 15 is 0 Å². The second kappa shape index (κ2) is 9.64. The maximum atomic E-state index is 13.1. The lowest BCUT2D eigenvalue weighted by Gasteiger charge is -2.28. The molecule has 32 heavy (non-hydrogen) atoms. The number of para-hydroxylation sites is 1. The Morgan fingerprint density at radius 2 is 1.59 bits per heavy atom. The van der Waals surface area contributed by atoms with Crippen LogP contribution in [0.1, 0.15) is 36.0 Å². The summed E-state index contributed by atoms with van der Waals surface area (Å²) in [6, 6.07) is 12.9. The van der Waals surface area contributed by atoms with E-state index in [1.54, 1.807) is 18.2 Å². The van der Waals surface area contributed by atoms with Crippen molar-refractivity contribution >= 4 is 22.9 Å². The highest BCUT2D eigenvalue weighted by Gasteiger charge is 2.23. The average molecular weight is 436 g/mol. The molecule has 0 aliphatic heterocycles. The SMILES string of the molecule is O=C(O)NCC1CCC(CNC(=O)c2cc(-c3cc[n+](O)cc3)nc3ccccc23)CC1. The van der Waals surface area contributed by atoms with E-state index in [2.05, 4.69) is 15.6 Å². The van der Waals surface area contributed by atoms with E-state index in [-0.39, 0.29) is 5.91 Å². The molecule has 4 N–H and O–H groups in total. The quantitative estimate of drug-likeness (QED) is 0.351. The number of hydrogen-bond acceptors (Lipinski definition) is 4. The molecule has 1 fully saturated rings. The summed E-state index contributed by atoms with van der Waals surface area (Å²) in [5.74, 6) is 0.627. The van der Waals surface area contributed by atoms with Gasteiger partial charge in [-0.25, -0.2) is 9.78 Å². The number of carbonyl (C=O) groups is 2. The van der Waals surface area contributed by atoms with Gasteiger partial charge in [0.25, 0.3) is 5.91 Å². The lowest BCUT2D eigenvalue weighted by molar-refractivity contribution is -0.904. The van der Waals surface area contributed by atoms with Crippen molar-refractivity contribution in [3.8, 4) is 11.3 Å². The number of carbonyl (C=O) groups excluding carboxylic acids is 1. The van der Waals surface area contributed by atoms with Crippen LogP contribution >= 0.6 is 0 Å². The highest BCUT2D eigenvalue weighted by atomic mass is 16.5. The van der Waals surface area contributed by atoms with Crippen molar-refractivity contribution < 1.29 is 24.6 Å². The lowest BCUT2D eigenvalue weighted by atomic mass is 9.82. The Kier molecular flexibility index (Phi) is 6.49. The molecule has 2 heterocycles. The van der Waals surface area contributed by atoms with E-state index in [0.29, 0.717) is 36.2 Å². The molecule has 0 unspecified atom stereocenters. The lowest BCUT2D eigenvalue weighted by Crippen LogP contribution is -2.34. The van der Waals surface area contributed by atoms with Crippen LogP contribution in [0.4, 0.5) is 4.79 Å². The number of nitrogens with zero attached hydrogens (tertiary/aromatic N) is 2. The van der Waals surface area contributed by atoms with Crippen LogP contribution in [0.2, 0.25) is 0 Å². The Bertz CT molecular complexity index is 1110. The summed E-state index contributed by atoms with van der Waals surface area (Å²) in [5, 5.41) is 24.6. The number of aromatic nitrogens is 2. The zero-order valence-electron chi connectivity index (χ0n) is 17.7. The van der Waals surface area contributed by atoms with Gasteiger partial charge < -0.3 is 15.7 Å². The van der Waals surface area contributed by atoms with Crippen molar-refractivity contribution in [1.82, 2.24) is 15.6 Å². The van der Waals surface area contributed by atoms with Crippen LogP contribution in [-0.4, -0.2) is 40.4 Å². The Labute approximate surface area is 185 Å². The molecule has 1 aliphatic carbocycles. The molecular weight excluding hydrogens is 408 g/mol. The molecule has 8 heteroatoms. The topological polar surface area (TPSA) is 115 Å². The molecule has 0 spiro atoms. The Morgan fingerprint density at radius 1 is 0.969 bits per heavy atom. The van der Waals surface area contributed by atoms with Crippen molar-refractivity contribution in [2.75, 3.05) is 13.1 Å². The molecule has 1 saturated carbocycles. The zero-order valence-corrected chi connectivity index (χ0v) is 17.7. The summed E-state index contributed by atoms with van der Waals surface area (Å²) >= 11 is 0. The summed E-state index contributed by atoms with van der Waals surface area (Å²) < 4.78 is 0.963. The van der Waals surface area contributed by atoms with Gasteiger partial charge in [-0.2, -0.15) is 0 Å². The van der Waals surface area contributed by atoms with Gasteiger partial charge in [0.15, 0.2) is 0 Å². The zero-order chi connectivity index (χ0) is 22.5. The summed E-state index contributed by atoms with van der Waals surface area (Å²) in [6.07, 6.45) is 5.93. The predicted molar refractivity (Wildman–Crippen MR) is 118 cm³/mol. The van der Waals surface area contributed by atoms with Crippen LogP contribution in [-0.2, 0) is 0 Å². The van der Waals surface area contributed by atoms with Crippen molar-refractivity contribution in [1.29, 1.82) is 0 Å².